The topological polar surface area (TPSA) is 23.5 Å². The molecule has 1 aromatic carbocycles. The first-order chi connectivity index (χ1) is 7.67. The summed E-state index contributed by atoms with van der Waals surface area (Å²) in [4.78, 5) is 3.45. The Morgan fingerprint density at radius 2 is 2.19 bits per heavy atom. The number of hydrogen-bond donors (Lipinski definition) is 1. The molecule has 0 aromatic heterocycles. The lowest BCUT2D eigenvalue weighted by Crippen LogP contribution is -2.21. The van der Waals surface area contributed by atoms with Gasteiger partial charge in [0.1, 0.15) is 0 Å². The third kappa shape index (κ3) is 4.45. The van der Waals surface area contributed by atoms with E-state index in [0.29, 0.717) is 6.54 Å². The van der Waals surface area contributed by atoms with E-state index in [-0.39, 0.29) is 6.61 Å². The molecule has 0 radical (unpaired) electrons. The van der Waals surface area contributed by atoms with Crippen molar-refractivity contribution in [2.75, 3.05) is 26.0 Å². The summed E-state index contributed by atoms with van der Waals surface area (Å²) in [5, 5.41) is 8.88. The van der Waals surface area contributed by atoms with Crippen LogP contribution in [0.1, 0.15) is 12.5 Å². The zero-order valence-corrected chi connectivity index (χ0v) is 12.1. The lowest BCUT2D eigenvalue weighted by Gasteiger charge is -2.17. The van der Waals surface area contributed by atoms with E-state index in [4.69, 9.17) is 5.11 Å². The third-order valence-electron chi connectivity index (χ3n) is 2.25. The molecule has 90 valence electrons. The lowest BCUT2D eigenvalue weighted by molar-refractivity contribution is 0.216. The Balaban J connectivity index is 2.77. The number of nitrogens with zero attached hydrogens (tertiary/aromatic N) is 1. The predicted molar refractivity (Wildman–Crippen MR) is 74.0 cm³/mol. The minimum absolute atomic E-state index is 0.212. The predicted octanol–water partition coefficient (Wildman–Crippen LogP) is 2.99. The summed E-state index contributed by atoms with van der Waals surface area (Å²) in [5.74, 6) is 1.08. The molecular weight excluding hydrogens is 286 g/mol. The van der Waals surface area contributed by atoms with Crippen LogP contribution in [0.5, 0.6) is 0 Å². The first-order valence-electron chi connectivity index (χ1n) is 5.38. The first kappa shape index (κ1) is 14.0. The molecule has 0 saturated heterocycles. The fourth-order valence-corrected chi connectivity index (χ4v) is 2.84. The van der Waals surface area contributed by atoms with Crippen LogP contribution in [0.2, 0.25) is 0 Å². The molecule has 16 heavy (non-hydrogen) atoms. The van der Waals surface area contributed by atoms with Gasteiger partial charge in [-0.05, 0) is 30.5 Å². The van der Waals surface area contributed by atoms with Gasteiger partial charge in [0.15, 0.2) is 0 Å². The number of thioether (sulfide) groups is 1. The molecule has 4 heteroatoms. The Hall–Kier alpha value is -0.0300. The quantitative estimate of drug-likeness (QED) is 0.817. The van der Waals surface area contributed by atoms with Gasteiger partial charge >= 0.3 is 0 Å². The molecule has 2 nitrogen and oxygen atoms in total. The van der Waals surface area contributed by atoms with Crippen molar-refractivity contribution in [2.45, 2.75) is 18.4 Å². The van der Waals surface area contributed by atoms with Crippen LogP contribution >= 0.6 is 27.7 Å². The fraction of sp³-hybridized carbons (Fsp3) is 0.500. The summed E-state index contributed by atoms with van der Waals surface area (Å²) in [6.45, 7) is 3.97. The van der Waals surface area contributed by atoms with Crippen molar-refractivity contribution in [3.05, 3.63) is 28.2 Å². The van der Waals surface area contributed by atoms with E-state index < -0.39 is 0 Å². The molecule has 1 rings (SSSR count). The Kier molecular flexibility index (Phi) is 6.43. The molecule has 0 amide bonds. The molecule has 0 aliphatic carbocycles. The summed E-state index contributed by atoms with van der Waals surface area (Å²) in [5.41, 5.74) is 1.33. The van der Waals surface area contributed by atoms with E-state index >= 15 is 0 Å². The molecule has 0 heterocycles. The van der Waals surface area contributed by atoms with Crippen molar-refractivity contribution in [3.8, 4) is 0 Å². The summed E-state index contributed by atoms with van der Waals surface area (Å²) < 4.78 is 1.12. The second kappa shape index (κ2) is 7.33. The average Bonchev–Trinajstić information content (AvgIpc) is 2.23. The van der Waals surface area contributed by atoms with Crippen molar-refractivity contribution in [2.24, 2.45) is 0 Å². The molecule has 0 aliphatic rings. The maximum absolute atomic E-state index is 8.88. The van der Waals surface area contributed by atoms with Crippen molar-refractivity contribution in [1.29, 1.82) is 0 Å². The number of halogens is 1. The van der Waals surface area contributed by atoms with Gasteiger partial charge in [0.25, 0.3) is 0 Å². The number of hydrogen-bond acceptors (Lipinski definition) is 3. The molecule has 1 aromatic rings. The van der Waals surface area contributed by atoms with Crippen LogP contribution in [0.4, 0.5) is 0 Å². The van der Waals surface area contributed by atoms with Gasteiger partial charge in [-0.1, -0.05) is 28.9 Å². The van der Waals surface area contributed by atoms with Gasteiger partial charge < -0.3 is 5.11 Å². The van der Waals surface area contributed by atoms with Gasteiger partial charge in [-0.15, -0.1) is 11.8 Å². The van der Waals surface area contributed by atoms with Gasteiger partial charge in [-0.3, -0.25) is 4.90 Å². The smallest absolute Gasteiger partial charge is 0.0558 e. The summed E-state index contributed by atoms with van der Waals surface area (Å²) in [7, 11) is 2.03. The Morgan fingerprint density at radius 3 is 2.81 bits per heavy atom. The summed E-state index contributed by atoms with van der Waals surface area (Å²) in [6, 6.07) is 6.38. The maximum Gasteiger partial charge on any atom is 0.0558 e. The summed E-state index contributed by atoms with van der Waals surface area (Å²) in [6.07, 6.45) is 0. The standard InChI is InChI=1S/C12H18BrNOS/c1-3-16-12-8-11(13)5-4-10(12)9-14(2)6-7-15/h4-5,8,15H,3,6-7,9H2,1-2H3. The minimum atomic E-state index is 0.212. The van der Waals surface area contributed by atoms with Crippen LogP contribution in [-0.2, 0) is 6.54 Å². The number of likely N-dealkylation sites (N-methyl/N-ethyl adjacent to an activating group) is 1. The normalized spacial score (nSPS) is 11.1. The van der Waals surface area contributed by atoms with Crippen LogP contribution in [0.3, 0.4) is 0 Å². The molecule has 0 aliphatic heterocycles. The number of rotatable bonds is 6. The third-order valence-corrected chi connectivity index (χ3v) is 3.72. The summed E-state index contributed by atoms with van der Waals surface area (Å²) >= 11 is 5.35. The highest BCUT2D eigenvalue weighted by Gasteiger charge is 2.06. The molecule has 1 N–H and O–H groups in total. The van der Waals surface area contributed by atoms with E-state index in [0.717, 1.165) is 16.8 Å². The number of aliphatic hydroxyl groups is 1. The number of benzene rings is 1. The zero-order chi connectivity index (χ0) is 12.0. The van der Waals surface area contributed by atoms with Crippen LogP contribution in [0.25, 0.3) is 0 Å². The fourth-order valence-electron chi connectivity index (χ4n) is 1.49. The van der Waals surface area contributed by atoms with Crippen molar-refractivity contribution >= 4 is 27.7 Å². The molecule has 0 saturated carbocycles. The van der Waals surface area contributed by atoms with E-state index in [1.54, 1.807) is 0 Å². The van der Waals surface area contributed by atoms with Crippen LogP contribution in [0.15, 0.2) is 27.6 Å². The van der Waals surface area contributed by atoms with E-state index in [1.165, 1.54) is 10.5 Å². The van der Waals surface area contributed by atoms with E-state index in [9.17, 15) is 0 Å². The van der Waals surface area contributed by atoms with Gasteiger partial charge in [0.2, 0.25) is 0 Å². The van der Waals surface area contributed by atoms with Crippen molar-refractivity contribution in [3.63, 3.8) is 0 Å². The van der Waals surface area contributed by atoms with Crippen molar-refractivity contribution in [1.82, 2.24) is 4.90 Å². The van der Waals surface area contributed by atoms with Crippen LogP contribution in [-0.4, -0.2) is 36.0 Å². The Labute approximate surface area is 110 Å². The Bertz CT molecular complexity index is 333. The second-order valence-electron chi connectivity index (χ2n) is 3.65. The van der Waals surface area contributed by atoms with Crippen molar-refractivity contribution < 1.29 is 5.11 Å². The lowest BCUT2D eigenvalue weighted by atomic mass is 10.2. The molecule has 0 fully saturated rings. The van der Waals surface area contributed by atoms with Gasteiger partial charge in [0.05, 0.1) is 6.61 Å². The van der Waals surface area contributed by atoms with E-state index in [2.05, 4.69) is 46.0 Å². The maximum atomic E-state index is 8.88. The van der Waals surface area contributed by atoms with E-state index in [1.807, 2.05) is 18.8 Å². The first-order valence-corrected chi connectivity index (χ1v) is 7.15. The largest absolute Gasteiger partial charge is 0.395 e. The minimum Gasteiger partial charge on any atom is -0.395 e. The molecule has 0 unspecified atom stereocenters. The molecule has 0 atom stereocenters. The molecular formula is C12H18BrNOS. The molecule has 0 bridgehead atoms. The highest BCUT2D eigenvalue weighted by molar-refractivity contribution is 9.10. The van der Waals surface area contributed by atoms with Gasteiger partial charge in [-0.25, -0.2) is 0 Å². The highest BCUT2D eigenvalue weighted by atomic mass is 79.9. The highest BCUT2D eigenvalue weighted by Crippen LogP contribution is 2.27. The van der Waals surface area contributed by atoms with Crippen LogP contribution in [0, 0.1) is 0 Å². The monoisotopic (exact) mass is 303 g/mol. The SMILES string of the molecule is CCSc1cc(Br)ccc1CN(C)CCO. The Morgan fingerprint density at radius 1 is 1.44 bits per heavy atom. The van der Waals surface area contributed by atoms with Gasteiger partial charge in [0, 0.05) is 22.5 Å². The molecule has 0 spiro atoms. The second-order valence-corrected chi connectivity index (χ2v) is 5.87. The van der Waals surface area contributed by atoms with Gasteiger partial charge in [-0.2, -0.15) is 0 Å². The average molecular weight is 304 g/mol. The number of aliphatic hydroxyl groups excluding tert-OH is 1. The zero-order valence-electron chi connectivity index (χ0n) is 9.74. The van der Waals surface area contributed by atoms with Crippen LogP contribution < -0.4 is 0 Å².